The van der Waals surface area contributed by atoms with Crippen LogP contribution in [0.2, 0.25) is 0 Å². The van der Waals surface area contributed by atoms with Crippen LogP contribution in [0.3, 0.4) is 0 Å². The van der Waals surface area contributed by atoms with Gasteiger partial charge in [-0.05, 0) is 64.4 Å². The topological polar surface area (TPSA) is 32.3 Å². The Labute approximate surface area is 128 Å². The normalized spacial score (nSPS) is 14.8. The third-order valence-corrected chi connectivity index (χ3v) is 3.67. The van der Waals surface area contributed by atoms with Crippen LogP contribution in [0.4, 0.5) is 0 Å². The van der Waals surface area contributed by atoms with Crippen molar-refractivity contribution < 1.29 is 4.79 Å². The number of unbranched alkanes of at least 4 members (excludes halogenated alkanes) is 1. The average Bonchev–Trinajstić information content (AvgIpc) is 2.91. The average molecular weight is 297 g/mol. The van der Waals surface area contributed by atoms with Crippen molar-refractivity contribution in [1.29, 1.82) is 0 Å². The Bertz CT molecular complexity index is 417. The van der Waals surface area contributed by atoms with Gasteiger partial charge in [0, 0.05) is 12.1 Å². The van der Waals surface area contributed by atoms with E-state index in [1.54, 1.807) is 0 Å². The molecule has 1 heterocycles. The van der Waals surface area contributed by atoms with Crippen molar-refractivity contribution in [2.75, 3.05) is 26.2 Å². The Balaban J connectivity index is 0.00000200. The van der Waals surface area contributed by atoms with Gasteiger partial charge in [-0.3, -0.25) is 4.79 Å². The number of likely N-dealkylation sites (tertiary alicyclic amines) is 1. The quantitative estimate of drug-likeness (QED) is 0.819. The van der Waals surface area contributed by atoms with Crippen molar-refractivity contribution in [2.24, 2.45) is 0 Å². The molecule has 1 aromatic carbocycles. The number of carbonyl (C=O) groups is 1. The largest absolute Gasteiger partial charge is 0.352 e. The van der Waals surface area contributed by atoms with Crippen molar-refractivity contribution in [1.82, 2.24) is 10.2 Å². The molecule has 0 unspecified atom stereocenters. The summed E-state index contributed by atoms with van der Waals surface area (Å²) in [4.78, 5) is 14.4. The van der Waals surface area contributed by atoms with Crippen molar-refractivity contribution in [2.45, 2.75) is 32.6 Å². The number of nitrogens with one attached hydrogen (secondary N) is 1. The van der Waals surface area contributed by atoms with E-state index in [4.69, 9.17) is 0 Å². The van der Waals surface area contributed by atoms with Gasteiger partial charge in [-0.25, -0.2) is 0 Å². The Kier molecular flexibility index (Phi) is 7.63. The lowest BCUT2D eigenvalue weighted by Crippen LogP contribution is -2.26. The third kappa shape index (κ3) is 5.51. The van der Waals surface area contributed by atoms with E-state index < -0.39 is 0 Å². The van der Waals surface area contributed by atoms with Crippen molar-refractivity contribution in [3.8, 4) is 0 Å². The van der Waals surface area contributed by atoms with E-state index in [2.05, 4.69) is 10.2 Å². The molecule has 1 aliphatic heterocycles. The SMILES string of the molecule is Cc1cccc(C(=O)NCCCCN2CCCC2)c1.Cl. The summed E-state index contributed by atoms with van der Waals surface area (Å²) in [7, 11) is 0. The molecule has 1 saturated heterocycles. The van der Waals surface area contributed by atoms with Gasteiger partial charge in [-0.2, -0.15) is 0 Å². The molecule has 0 atom stereocenters. The number of hydrogen-bond donors (Lipinski definition) is 1. The lowest BCUT2D eigenvalue weighted by Gasteiger charge is -2.14. The second kappa shape index (κ2) is 8.98. The first-order chi connectivity index (χ1) is 9.25. The van der Waals surface area contributed by atoms with E-state index in [-0.39, 0.29) is 18.3 Å². The molecule has 1 fully saturated rings. The number of nitrogens with zero attached hydrogens (tertiary/aromatic N) is 1. The van der Waals surface area contributed by atoms with E-state index >= 15 is 0 Å². The number of benzene rings is 1. The summed E-state index contributed by atoms with van der Waals surface area (Å²) < 4.78 is 0. The summed E-state index contributed by atoms with van der Waals surface area (Å²) in [6.07, 6.45) is 4.94. The van der Waals surface area contributed by atoms with E-state index in [9.17, 15) is 4.79 Å². The molecular weight excluding hydrogens is 272 g/mol. The van der Waals surface area contributed by atoms with Crippen LogP contribution in [0.5, 0.6) is 0 Å². The number of halogens is 1. The van der Waals surface area contributed by atoms with Gasteiger partial charge < -0.3 is 10.2 Å². The Hall–Kier alpha value is -1.06. The minimum Gasteiger partial charge on any atom is -0.352 e. The standard InChI is InChI=1S/C16H24N2O.ClH/c1-14-7-6-8-15(13-14)16(19)17-9-2-3-10-18-11-4-5-12-18;/h6-8,13H,2-5,9-12H2,1H3,(H,17,19);1H. The molecule has 0 spiro atoms. The highest BCUT2D eigenvalue weighted by Gasteiger charge is 2.10. The summed E-state index contributed by atoms with van der Waals surface area (Å²) in [5.41, 5.74) is 1.89. The molecule has 0 aliphatic carbocycles. The maximum Gasteiger partial charge on any atom is 0.251 e. The van der Waals surface area contributed by atoms with Crippen molar-refractivity contribution in [3.05, 3.63) is 35.4 Å². The molecule has 2 rings (SSSR count). The zero-order valence-electron chi connectivity index (χ0n) is 12.2. The zero-order chi connectivity index (χ0) is 13.5. The molecule has 1 aromatic rings. The molecule has 1 amide bonds. The fourth-order valence-electron chi connectivity index (χ4n) is 2.56. The predicted octanol–water partition coefficient (Wildman–Crippen LogP) is 3.02. The minimum absolute atomic E-state index is 0. The number of carbonyl (C=O) groups excluding carboxylic acids is 1. The van der Waals surface area contributed by atoms with Gasteiger partial charge in [0.05, 0.1) is 0 Å². The van der Waals surface area contributed by atoms with Crippen molar-refractivity contribution in [3.63, 3.8) is 0 Å². The minimum atomic E-state index is 0. The number of aryl methyl sites for hydroxylation is 1. The number of amides is 1. The van der Waals surface area contributed by atoms with Crippen LogP contribution in [-0.2, 0) is 0 Å². The Morgan fingerprint density at radius 2 is 2.00 bits per heavy atom. The van der Waals surface area contributed by atoms with Gasteiger partial charge in [0.15, 0.2) is 0 Å². The van der Waals surface area contributed by atoms with Crippen LogP contribution in [0.15, 0.2) is 24.3 Å². The third-order valence-electron chi connectivity index (χ3n) is 3.67. The first kappa shape index (κ1) is 17.0. The molecular formula is C16H25ClN2O. The molecule has 112 valence electrons. The molecule has 1 aliphatic rings. The van der Waals surface area contributed by atoms with Crippen LogP contribution in [0, 0.1) is 6.92 Å². The first-order valence-electron chi connectivity index (χ1n) is 7.33. The highest BCUT2D eigenvalue weighted by Crippen LogP contribution is 2.08. The Morgan fingerprint density at radius 3 is 2.70 bits per heavy atom. The van der Waals surface area contributed by atoms with Gasteiger partial charge in [-0.15, -0.1) is 12.4 Å². The van der Waals surface area contributed by atoms with Crippen LogP contribution in [0.25, 0.3) is 0 Å². The molecule has 20 heavy (non-hydrogen) atoms. The molecule has 4 heteroatoms. The summed E-state index contributed by atoms with van der Waals surface area (Å²) in [6, 6.07) is 7.73. The van der Waals surface area contributed by atoms with Gasteiger partial charge in [-0.1, -0.05) is 17.7 Å². The van der Waals surface area contributed by atoms with E-state index in [1.165, 1.54) is 38.9 Å². The molecule has 0 saturated carbocycles. The van der Waals surface area contributed by atoms with Crippen LogP contribution in [0.1, 0.15) is 41.6 Å². The first-order valence-corrected chi connectivity index (χ1v) is 7.33. The zero-order valence-corrected chi connectivity index (χ0v) is 13.0. The van der Waals surface area contributed by atoms with Crippen LogP contribution in [-0.4, -0.2) is 37.0 Å². The van der Waals surface area contributed by atoms with Crippen LogP contribution < -0.4 is 5.32 Å². The maximum absolute atomic E-state index is 11.9. The number of rotatable bonds is 6. The maximum atomic E-state index is 11.9. The lowest BCUT2D eigenvalue weighted by molar-refractivity contribution is 0.0952. The highest BCUT2D eigenvalue weighted by atomic mass is 35.5. The monoisotopic (exact) mass is 296 g/mol. The molecule has 3 nitrogen and oxygen atoms in total. The van der Waals surface area contributed by atoms with Gasteiger partial charge in [0.2, 0.25) is 0 Å². The second-order valence-corrected chi connectivity index (χ2v) is 5.38. The van der Waals surface area contributed by atoms with Gasteiger partial charge >= 0.3 is 0 Å². The van der Waals surface area contributed by atoms with Gasteiger partial charge in [0.1, 0.15) is 0 Å². The van der Waals surface area contributed by atoms with Crippen LogP contribution >= 0.6 is 12.4 Å². The summed E-state index contributed by atoms with van der Waals surface area (Å²) >= 11 is 0. The highest BCUT2D eigenvalue weighted by molar-refractivity contribution is 5.94. The molecule has 0 bridgehead atoms. The smallest absolute Gasteiger partial charge is 0.251 e. The number of hydrogen-bond acceptors (Lipinski definition) is 2. The molecule has 0 aromatic heterocycles. The Morgan fingerprint density at radius 1 is 1.25 bits per heavy atom. The molecule has 0 radical (unpaired) electrons. The summed E-state index contributed by atoms with van der Waals surface area (Å²) in [6.45, 7) is 6.49. The van der Waals surface area contributed by atoms with E-state index in [0.29, 0.717) is 0 Å². The summed E-state index contributed by atoms with van der Waals surface area (Å²) in [5, 5.41) is 2.99. The fraction of sp³-hybridized carbons (Fsp3) is 0.562. The predicted molar refractivity (Wildman–Crippen MR) is 85.7 cm³/mol. The van der Waals surface area contributed by atoms with Crippen molar-refractivity contribution >= 4 is 18.3 Å². The molecule has 1 N–H and O–H groups in total. The van der Waals surface area contributed by atoms with E-state index in [1.807, 2.05) is 31.2 Å². The second-order valence-electron chi connectivity index (χ2n) is 5.38. The van der Waals surface area contributed by atoms with Gasteiger partial charge in [0.25, 0.3) is 5.91 Å². The summed E-state index contributed by atoms with van der Waals surface area (Å²) in [5.74, 6) is 0.0462. The van der Waals surface area contributed by atoms with E-state index in [0.717, 1.165) is 24.1 Å². The lowest BCUT2D eigenvalue weighted by atomic mass is 10.1. The fourth-order valence-corrected chi connectivity index (χ4v) is 2.56.